The van der Waals surface area contributed by atoms with Crippen molar-refractivity contribution in [3.63, 3.8) is 0 Å². The summed E-state index contributed by atoms with van der Waals surface area (Å²) < 4.78 is 13.4. The highest BCUT2D eigenvalue weighted by atomic mass is 32.2. The summed E-state index contributed by atoms with van der Waals surface area (Å²) in [6.45, 7) is 0. The summed E-state index contributed by atoms with van der Waals surface area (Å²) in [6.07, 6.45) is 1.83. The summed E-state index contributed by atoms with van der Waals surface area (Å²) in [6, 6.07) is 9.60. The van der Waals surface area contributed by atoms with Crippen LogP contribution in [0.5, 0.6) is 0 Å². The Morgan fingerprint density at radius 3 is 2.60 bits per heavy atom. The lowest BCUT2D eigenvalue weighted by molar-refractivity contribution is -0.113. The SMILES string of the molecule is O=C1C(=Cc2cccs2)SC(=S)N1c1ccc(F)cc1. The molecule has 1 aliphatic rings. The van der Waals surface area contributed by atoms with Gasteiger partial charge in [0.25, 0.3) is 5.91 Å². The predicted octanol–water partition coefficient (Wildman–Crippen LogP) is 4.29. The van der Waals surface area contributed by atoms with Gasteiger partial charge >= 0.3 is 0 Å². The van der Waals surface area contributed by atoms with Gasteiger partial charge in [0, 0.05) is 4.88 Å². The van der Waals surface area contributed by atoms with Gasteiger partial charge in [-0.05, 0) is 41.8 Å². The zero-order valence-electron chi connectivity index (χ0n) is 10.1. The van der Waals surface area contributed by atoms with Crippen molar-refractivity contribution in [3.05, 3.63) is 57.4 Å². The van der Waals surface area contributed by atoms with E-state index in [9.17, 15) is 9.18 Å². The van der Waals surface area contributed by atoms with Crippen LogP contribution in [-0.4, -0.2) is 10.2 Å². The van der Waals surface area contributed by atoms with Crippen molar-refractivity contribution in [3.8, 4) is 0 Å². The van der Waals surface area contributed by atoms with Gasteiger partial charge in [-0.3, -0.25) is 9.69 Å². The molecule has 0 radical (unpaired) electrons. The molecule has 1 aromatic carbocycles. The quantitative estimate of drug-likeness (QED) is 0.608. The number of thiophene rings is 1. The Bertz CT molecular complexity index is 692. The monoisotopic (exact) mass is 321 g/mol. The molecule has 0 spiro atoms. The summed E-state index contributed by atoms with van der Waals surface area (Å²) >= 11 is 8.06. The van der Waals surface area contributed by atoms with Crippen molar-refractivity contribution in [1.82, 2.24) is 0 Å². The average molecular weight is 321 g/mol. The first-order valence-corrected chi connectivity index (χ1v) is 7.82. The fraction of sp³-hybridized carbons (Fsp3) is 0. The minimum atomic E-state index is -0.340. The van der Waals surface area contributed by atoms with Gasteiger partial charge in [0.2, 0.25) is 0 Å². The van der Waals surface area contributed by atoms with E-state index in [-0.39, 0.29) is 11.7 Å². The van der Waals surface area contributed by atoms with Gasteiger partial charge in [-0.15, -0.1) is 11.3 Å². The molecule has 2 heterocycles. The zero-order chi connectivity index (χ0) is 14.1. The fourth-order valence-electron chi connectivity index (χ4n) is 1.78. The molecule has 1 saturated heterocycles. The first-order chi connectivity index (χ1) is 9.65. The van der Waals surface area contributed by atoms with Crippen LogP contribution in [0.4, 0.5) is 10.1 Å². The van der Waals surface area contributed by atoms with Crippen LogP contribution in [0.1, 0.15) is 4.88 Å². The Balaban J connectivity index is 1.93. The Kier molecular flexibility index (Phi) is 3.69. The van der Waals surface area contributed by atoms with E-state index in [1.165, 1.54) is 28.8 Å². The highest BCUT2D eigenvalue weighted by Crippen LogP contribution is 2.36. The van der Waals surface area contributed by atoms with Crippen LogP contribution in [-0.2, 0) is 4.79 Å². The largest absolute Gasteiger partial charge is 0.270 e. The molecule has 0 atom stereocenters. The molecule has 6 heteroatoms. The van der Waals surface area contributed by atoms with E-state index >= 15 is 0 Å². The van der Waals surface area contributed by atoms with E-state index in [1.54, 1.807) is 23.5 Å². The number of anilines is 1. The van der Waals surface area contributed by atoms with Gasteiger partial charge in [-0.25, -0.2) is 4.39 Å². The molecule has 2 nitrogen and oxygen atoms in total. The molecule has 100 valence electrons. The smallest absolute Gasteiger partial charge is 0.268 e. The number of hydrogen-bond donors (Lipinski definition) is 0. The molecule has 1 aromatic heterocycles. The molecule has 3 rings (SSSR count). The van der Waals surface area contributed by atoms with Crippen LogP contribution in [0.15, 0.2) is 46.7 Å². The molecule has 0 unspecified atom stereocenters. The lowest BCUT2D eigenvalue weighted by Gasteiger charge is -2.14. The molecule has 20 heavy (non-hydrogen) atoms. The lowest BCUT2D eigenvalue weighted by atomic mass is 10.3. The van der Waals surface area contributed by atoms with Crippen LogP contribution >= 0.6 is 35.3 Å². The highest BCUT2D eigenvalue weighted by Gasteiger charge is 2.33. The topological polar surface area (TPSA) is 20.3 Å². The number of carbonyl (C=O) groups excluding carboxylic acids is 1. The Hall–Kier alpha value is -1.50. The number of hydrogen-bond acceptors (Lipinski definition) is 4. The van der Waals surface area contributed by atoms with Crippen molar-refractivity contribution in [1.29, 1.82) is 0 Å². The van der Waals surface area contributed by atoms with Crippen LogP contribution in [0, 0.1) is 5.82 Å². The summed E-state index contributed by atoms with van der Waals surface area (Å²) in [4.78, 5) is 15.4. The number of rotatable bonds is 2. The van der Waals surface area contributed by atoms with Gasteiger partial charge in [0.1, 0.15) is 5.82 Å². The molecule has 1 fully saturated rings. The van der Waals surface area contributed by atoms with E-state index < -0.39 is 0 Å². The maximum atomic E-state index is 12.9. The van der Waals surface area contributed by atoms with Gasteiger partial charge < -0.3 is 0 Å². The third kappa shape index (κ3) is 2.54. The first kappa shape index (κ1) is 13.5. The Labute approximate surface area is 128 Å². The van der Waals surface area contributed by atoms with Gasteiger partial charge in [-0.2, -0.15) is 0 Å². The normalized spacial score (nSPS) is 17.2. The number of thioether (sulfide) groups is 1. The second-order valence-corrected chi connectivity index (χ2v) is 6.66. The van der Waals surface area contributed by atoms with Gasteiger partial charge in [0.05, 0.1) is 10.6 Å². The number of carbonyl (C=O) groups is 1. The number of thiocarbonyl (C=S) groups is 1. The summed E-state index contributed by atoms with van der Waals surface area (Å²) in [7, 11) is 0. The van der Waals surface area contributed by atoms with E-state index in [0.29, 0.717) is 14.9 Å². The van der Waals surface area contributed by atoms with Crippen molar-refractivity contribution >= 4 is 57.3 Å². The van der Waals surface area contributed by atoms with Crippen LogP contribution < -0.4 is 4.90 Å². The lowest BCUT2D eigenvalue weighted by Crippen LogP contribution is -2.27. The molecule has 1 amide bonds. The molecule has 0 bridgehead atoms. The van der Waals surface area contributed by atoms with Crippen LogP contribution in [0.3, 0.4) is 0 Å². The molecule has 1 aliphatic heterocycles. The maximum Gasteiger partial charge on any atom is 0.270 e. The predicted molar refractivity (Wildman–Crippen MR) is 86.4 cm³/mol. The van der Waals surface area contributed by atoms with Gasteiger partial charge in [0.15, 0.2) is 4.32 Å². The first-order valence-electron chi connectivity index (χ1n) is 5.72. The third-order valence-electron chi connectivity index (χ3n) is 2.70. The number of halogens is 1. The molecule has 2 aromatic rings. The number of benzene rings is 1. The maximum absolute atomic E-state index is 12.9. The second-order valence-electron chi connectivity index (χ2n) is 4.01. The van der Waals surface area contributed by atoms with E-state index in [0.717, 1.165) is 4.88 Å². The van der Waals surface area contributed by atoms with Crippen LogP contribution in [0.2, 0.25) is 0 Å². The summed E-state index contributed by atoms with van der Waals surface area (Å²) in [5.41, 5.74) is 0.587. The van der Waals surface area contributed by atoms with E-state index in [2.05, 4.69) is 0 Å². The van der Waals surface area contributed by atoms with E-state index in [4.69, 9.17) is 12.2 Å². The van der Waals surface area contributed by atoms with Crippen molar-refractivity contribution < 1.29 is 9.18 Å². The Morgan fingerprint density at radius 2 is 1.95 bits per heavy atom. The summed E-state index contributed by atoms with van der Waals surface area (Å²) in [5, 5.41) is 1.95. The molecule has 0 N–H and O–H groups in total. The minimum absolute atomic E-state index is 0.167. The van der Waals surface area contributed by atoms with Crippen molar-refractivity contribution in [2.45, 2.75) is 0 Å². The Morgan fingerprint density at radius 1 is 1.20 bits per heavy atom. The standard InChI is InChI=1S/C14H8FNOS3/c15-9-3-5-10(6-4-9)16-13(17)12(20-14(16)18)8-11-2-1-7-19-11/h1-8H. The minimum Gasteiger partial charge on any atom is -0.268 e. The summed E-state index contributed by atoms with van der Waals surface area (Å²) in [5.74, 6) is -0.506. The second kappa shape index (κ2) is 5.47. The molecule has 0 saturated carbocycles. The van der Waals surface area contributed by atoms with Crippen molar-refractivity contribution in [2.75, 3.05) is 4.90 Å². The number of amides is 1. The fourth-order valence-corrected chi connectivity index (χ4v) is 3.80. The number of nitrogens with zero attached hydrogens (tertiary/aromatic N) is 1. The highest BCUT2D eigenvalue weighted by molar-refractivity contribution is 8.27. The van der Waals surface area contributed by atoms with Crippen LogP contribution in [0.25, 0.3) is 6.08 Å². The van der Waals surface area contributed by atoms with E-state index in [1.807, 2.05) is 23.6 Å². The average Bonchev–Trinajstić information content (AvgIpc) is 3.02. The molecule has 0 aliphatic carbocycles. The zero-order valence-corrected chi connectivity index (χ0v) is 12.5. The third-order valence-corrected chi connectivity index (χ3v) is 4.82. The van der Waals surface area contributed by atoms with Gasteiger partial charge in [-0.1, -0.05) is 30.0 Å². The molecular weight excluding hydrogens is 313 g/mol. The van der Waals surface area contributed by atoms with Crippen molar-refractivity contribution in [2.24, 2.45) is 0 Å². The molecular formula is C14H8FNOS3.